The van der Waals surface area contributed by atoms with Crippen molar-refractivity contribution in [3.8, 4) is 16.9 Å². The van der Waals surface area contributed by atoms with Crippen LogP contribution in [0.5, 0.6) is 0 Å². The molecule has 0 atom stereocenters. The molecule has 37 heavy (non-hydrogen) atoms. The molecular weight excluding hydrogens is 466 g/mol. The third-order valence-electron chi connectivity index (χ3n) is 5.91. The van der Waals surface area contributed by atoms with E-state index in [4.69, 9.17) is 0 Å². The number of nitrogens with one attached hydrogen (secondary N) is 3. The Morgan fingerprint density at radius 2 is 1.81 bits per heavy atom. The number of rotatable bonds is 6. The van der Waals surface area contributed by atoms with Gasteiger partial charge in [-0.15, -0.1) is 0 Å². The van der Waals surface area contributed by atoms with Crippen LogP contribution in [0.3, 0.4) is 0 Å². The van der Waals surface area contributed by atoms with Gasteiger partial charge in [-0.1, -0.05) is 24.3 Å². The highest BCUT2D eigenvalue weighted by molar-refractivity contribution is 6.03. The summed E-state index contributed by atoms with van der Waals surface area (Å²) < 4.78 is 1.61. The maximum atomic E-state index is 13.1. The zero-order chi connectivity index (χ0) is 25.2. The fourth-order valence-corrected chi connectivity index (χ4v) is 4.07. The number of hydrogen-bond acceptors (Lipinski definition) is 7. The number of hydrogen-bond donors (Lipinski definition) is 3. The lowest BCUT2D eigenvalue weighted by Crippen LogP contribution is -2.17. The molecule has 0 aliphatic carbocycles. The monoisotopic (exact) mass is 487 g/mol. The molecule has 4 heterocycles. The van der Waals surface area contributed by atoms with Crippen molar-refractivity contribution in [3.63, 3.8) is 0 Å². The molecule has 6 aromatic rings. The van der Waals surface area contributed by atoms with E-state index in [2.05, 4.69) is 40.7 Å². The molecule has 0 fully saturated rings. The van der Waals surface area contributed by atoms with E-state index in [1.807, 2.05) is 67.6 Å². The van der Waals surface area contributed by atoms with Crippen molar-refractivity contribution < 1.29 is 4.79 Å². The second-order valence-electron chi connectivity index (χ2n) is 8.30. The molecule has 180 valence electrons. The predicted molar refractivity (Wildman–Crippen MR) is 141 cm³/mol. The molecule has 0 unspecified atom stereocenters. The molecule has 3 N–H and O–H groups in total. The number of H-pyrrole nitrogens is 1. The summed E-state index contributed by atoms with van der Waals surface area (Å²) in [5, 5.41) is 10.7. The van der Waals surface area contributed by atoms with Gasteiger partial charge in [-0.25, -0.2) is 24.6 Å². The fraction of sp³-hybridized carbons (Fsp3) is 0.0370. The van der Waals surface area contributed by atoms with Crippen molar-refractivity contribution in [1.82, 2.24) is 34.7 Å². The van der Waals surface area contributed by atoms with Crippen LogP contribution in [0.2, 0.25) is 0 Å². The quantitative estimate of drug-likeness (QED) is 0.305. The SMILES string of the molecule is Cc1ccc(NC(=O)c2ccnn2-c2ccccc2)cc1Nc1ncccc1-c1ncnc2nc[nH]c12. The molecule has 0 aliphatic heterocycles. The normalized spacial score (nSPS) is 10.9. The topological polar surface area (TPSA) is 126 Å². The second-order valence-corrected chi connectivity index (χ2v) is 8.30. The number of benzene rings is 2. The summed E-state index contributed by atoms with van der Waals surface area (Å²) in [6.45, 7) is 1.98. The minimum Gasteiger partial charge on any atom is -0.341 e. The van der Waals surface area contributed by atoms with Gasteiger partial charge in [-0.3, -0.25) is 4.79 Å². The highest BCUT2D eigenvalue weighted by Crippen LogP contribution is 2.32. The van der Waals surface area contributed by atoms with Crippen molar-refractivity contribution in [2.24, 2.45) is 0 Å². The molecule has 10 heteroatoms. The summed E-state index contributed by atoms with van der Waals surface area (Å²) in [5.41, 5.74) is 6.44. The highest BCUT2D eigenvalue weighted by Gasteiger charge is 2.16. The van der Waals surface area contributed by atoms with Gasteiger partial charge in [0.15, 0.2) is 5.65 Å². The number of nitrogens with zero attached hydrogens (tertiary/aromatic N) is 6. The summed E-state index contributed by atoms with van der Waals surface area (Å²) in [6, 6.07) is 20.7. The molecule has 0 saturated carbocycles. The maximum Gasteiger partial charge on any atom is 0.274 e. The lowest BCUT2D eigenvalue weighted by Gasteiger charge is -2.15. The summed E-state index contributed by atoms with van der Waals surface area (Å²) in [7, 11) is 0. The third kappa shape index (κ3) is 4.27. The standard InChI is InChI=1S/C27H21N9O/c1-17-9-10-18(34-27(37)22-11-13-33-36(22)19-6-3-2-4-7-19)14-21(17)35-25-20(8-5-12-28-25)23-24-26(31-15-29-23)32-16-30-24/h2-16H,1H3,(H,28,35)(H,34,37)(H,29,30,31,32). The zero-order valence-corrected chi connectivity index (χ0v) is 19.8. The van der Waals surface area contributed by atoms with Crippen LogP contribution in [0.4, 0.5) is 17.2 Å². The van der Waals surface area contributed by atoms with Crippen LogP contribution in [-0.2, 0) is 0 Å². The van der Waals surface area contributed by atoms with Crippen molar-refractivity contribution in [1.29, 1.82) is 0 Å². The average molecular weight is 488 g/mol. The first-order chi connectivity index (χ1) is 18.2. The minimum atomic E-state index is -0.266. The number of aromatic amines is 1. The van der Waals surface area contributed by atoms with Crippen molar-refractivity contribution in [2.75, 3.05) is 10.6 Å². The Balaban J connectivity index is 1.29. The van der Waals surface area contributed by atoms with Crippen LogP contribution in [-0.4, -0.2) is 40.6 Å². The Labute approximate surface area is 211 Å². The third-order valence-corrected chi connectivity index (χ3v) is 5.91. The lowest BCUT2D eigenvalue weighted by atomic mass is 10.1. The average Bonchev–Trinajstić information content (AvgIpc) is 3.62. The lowest BCUT2D eigenvalue weighted by molar-refractivity contribution is 0.101. The van der Waals surface area contributed by atoms with Gasteiger partial charge in [0.2, 0.25) is 0 Å². The zero-order valence-electron chi connectivity index (χ0n) is 19.8. The Morgan fingerprint density at radius 1 is 0.919 bits per heavy atom. The van der Waals surface area contributed by atoms with Gasteiger partial charge in [-0.2, -0.15) is 5.10 Å². The van der Waals surface area contributed by atoms with Gasteiger partial charge in [0, 0.05) is 23.1 Å². The minimum absolute atomic E-state index is 0.266. The number of aryl methyl sites for hydroxylation is 1. The second kappa shape index (κ2) is 9.34. The highest BCUT2D eigenvalue weighted by atomic mass is 16.2. The molecule has 1 amide bonds. The number of imidazole rings is 1. The Morgan fingerprint density at radius 3 is 2.70 bits per heavy atom. The Kier molecular flexibility index (Phi) is 5.58. The van der Waals surface area contributed by atoms with E-state index >= 15 is 0 Å². The number of anilines is 3. The van der Waals surface area contributed by atoms with Crippen LogP contribution < -0.4 is 10.6 Å². The maximum absolute atomic E-state index is 13.1. The van der Waals surface area contributed by atoms with E-state index in [-0.39, 0.29) is 5.91 Å². The van der Waals surface area contributed by atoms with E-state index in [1.165, 1.54) is 6.33 Å². The van der Waals surface area contributed by atoms with Gasteiger partial charge < -0.3 is 15.6 Å². The molecule has 10 nitrogen and oxygen atoms in total. The fourth-order valence-electron chi connectivity index (χ4n) is 4.07. The molecule has 2 aromatic carbocycles. The molecule has 0 aliphatic rings. The number of amides is 1. The Hall–Kier alpha value is -5.38. The summed E-state index contributed by atoms with van der Waals surface area (Å²) in [5.74, 6) is 0.350. The molecule has 6 rings (SSSR count). The first-order valence-corrected chi connectivity index (χ1v) is 11.6. The van der Waals surface area contributed by atoms with E-state index < -0.39 is 0 Å². The number of carbonyl (C=O) groups excluding carboxylic acids is 1. The summed E-state index contributed by atoms with van der Waals surface area (Å²) in [6.07, 6.45) is 6.39. The molecule has 4 aromatic heterocycles. The van der Waals surface area contributed by atoms with Crippen LogP contribution in [0.1, 0.15) is 16.1 Å². The first kappa shape index (κ1) is 22.1. The van der Waals surface area contributed by atoms with Crippen molar-refractivity contribution in [2.45, 2.75) is 6.92 Å². The van der Waals surface area contributed by atoms with E-state index in [0.29, 0.717) is 28.5 Å². The van der Waals surface area contributed by atoms with E-state index in [1.54, 1.807) is 29.5 Å². The van der Waals surface area contributed by atoms with Crippen LogP contribution in [0, 0.1) is 6.92 Å². The summed E-state index contributed by atoms with van der Waals surface area (Å²) >= 11 is 0. The van der Waals surface area contributed by atoms with Crippen LogP contribution >= 0.6 is 0 Å². The summed E-state index contributed by atoms with van der Waals surface area (Å²) in [4.78, 5) is 33.7. The smallest absolute Gasteiger partial charge is 0.274 e. The van der Waals surface area contributed by atoms with E-state index in [9.17, 15) is 4.79 Å². The molecule has 0 spiro atoms. The number of carbonyl (C=O) groups is 1. The predicted octanol–water partition coefficient (Wildman–Crippen LogP) is 4.90. The number of para-hydroxylation sites is 1. The van der Waals surface area contributed by atoms with Crippen molar-refractivity contribution >= 4 is 34.3 Å². The number of pyridine rings is 1. The van der Waals surface area contributed by atoms with Gasteiger partial charge in [-0.05, 0) is 55.0 Å². The molecule has 0 radical (unpaired) electrons. The van der Waals surface area contributed by atoms with Gasteiger partial charge >= 0.3 is 0 Å². The van der Waals surface area contributed by atoms with Gasteiger partial charge in [0.1, 0.15) is 29.0 Å². The first-order valence-electron chi connectivity index (χ1n) is 11.6. The van der Waals surface area contributed by atoms with Crippen LogP contribution in [0.25, 0.3) is 28.1 Å². The van der Waals surface area contributed by atoms with Crippen molar-refractivity contribution in [3.05, 3.63) is 103 Å². The molecular formula is C27H21N9O. The van der Waals surface area contributed by atoms with Crippen LogP contribution in [0.15, 0.2) is 91.8 Å². The molecule has 0 saturated heterocycles. The molecule has 0 bridgehead atoms. The Bertz CT molecular complexity index is 1720. The number of aromatic nitrogens is 7. The van der Waals surface area contributed by atoms with Gasteiger partial charge in [0.05, 0.1) is 18.2 Å². The van der Waals surface area contributed by atoms with E-state index in [0.717, 1.165) is 28.0 Å². The largest absolute Gasteiger partial charge is 0.341 e. The number of fused-ring (bicyclic) bond motifs is 1. The van der Waals surface area contributed by atoms with Gasteiger partial charge in [0.25, 0.3) is 5.91 Å².